The van der Waals surface area contributed by atoms with Crippen LogP contribution in [-0.4, -0.2) is 17.6 Å². The van der Waals surface area contributed by atoms with Gasteiger partial charge >= 0.3 is 5.97 Å². The van der Waals surface area contributed by atoms with Gasteiger partial charge in [-0.25, -0.2) is 0 Å². The van der Waals surface area contributed by atoms with Crippen LogP contribution in [-0.2, 0) is 9.53 Å². The summed E-state index contributed by atoms with van der Waals surface area (Å²) in [6.45, 7) is 9.11. The average Bonchev–Trinajstić information content (AvgIpc) is 2.01. The van der Waals surface area contributed by atoms with Crippen LogP contribution in [0.1, 0.15) is 40.0 Å². The zero-order chi connectivity index (χ0) is 11.2. The topological polar surface area (TPSA) is 52.3 Å². The van der Waals surface area contributed by atoms with Crippen LogP contribution in [0.4, 0.5) is 0 Å². The number of carbonyl (C=O) groups is 1. The van der Waals surface area contributed by atoms with Gasteiger partial charge in [-0.2, -0.15) is 0 Å². The zero-order valence-electron chi connectivity index (χ0n) is 9.38. The Hall–Kier alpha value is -0.830. The molecule has 1 unspecified atom stereocenters. The Kier molecular flexibility index (Phi) is 5.46. The first-order valence-electron chi connectivity index (χ1n) is 4.96. The molecule has 0 bridgehead atoms. The van der Waals surface area contributed by atoms with Crippen molar-refractivity contribution >= 4 is 5.97 Å². The molecule has 0 heterocycles. The second-order valence-electron chi connectivity index (χ2n) is 4.36. The van der Waals surface area contributed by atoms with Gasteiger partial charge in [0.25, 0.3) is 0 Å². The Balaban J connectivity index is 3.82. The van der Waals surface area contributed by atoms with Crippen LogP contribution in [0.15, 0.2) is 12.7 Å². The summed E-state index contributed by atoms with van der Waals surface area (Å²) in [5.41, 5.74) is 5.21. The second kappa shape index (κ2) is 5.81. The van der Waals surface area contributed by atoms with E-state index in [4.69, 9.17) is 10.5 Å². The lowest BCUT2D eigenvalue weighted by atomic mass is 10.1. The van der Waals surface area contributed by atoms with Crippen LogP contribution in [0.3, 0.4) is 0 Å². The van der Waals surface area contributed by atoms with Gasteiger partial charge in [-0.1, -0.05) is 6.08 Å². The van der Waals surface area contributed by atoms with Crippen molar-refractivity contribution in [3.63, 3.8) is 0 Å². The molecule has 1 atom stereocenters. The van der Waals surface area contributed by atoms with Crippen molar-refractivity contribution in [3.05, 3.63) is 12.7 Å². The average molecular weight is 199 g/mol. The van der Waals surface area contributed by atoms with Gasteiger partial charge in [0.1, 0.15) is 11.6 Å². The molecule has 0 rings (SSSR count). The molecule has 3 nitrogen and oxygen atoms in total. The predicted octanol–water partition coefficient (Wildman–Crippen LogP) is 2.01. The highest BCUT2D eigenvalue weighted by molar-refractivity contribution is 5.75. The molecular formula is C11H21NO2. The van der Waals surface area contributed by atoms with Crippen molar-refractivity contribution < 1.29 is 9.53 Å². The number of carbonyl (C=O) groups excluding carboxylic acids is 1. The molecule has 0 fully saturated rings. The van der Waals surface area contributed by atoms with Crippen molar-refractivity contribution in [1.82, 2.24) is 0 Å². The van der Waals surface area contributed by atoms with Crippen molar-refractivity contribution in [1.29, 1.82) is 0 Å². The van der Waals surface area contributed by atoms with Gasteiger partial charge in [0.2, 0.25) is 0 Å². The maximum atomic E-state index is 11.4. The number of allylic oxidation sites excluding steroid dienone is 1. The monoisotopic (exact) mass is 199 g/mol. The summed E-state index contributed by atoms with van der Waals surface area (Å²) in [7, 11) is 0. The van der Waals surface area contributed by atoms with Crippen LogP contribution in [0.5, 0.6) is 0 Å². The minimum atomic E-state index is -0.505. The molecule has 0 aliphatic heterocycles. The quantitative estimate of drug-likeness (QED) is 0.418. The summed E-state index contributed by atoms with van der Waals surface area (Å²) in [4.78, 5) is 11.4. The summed E-state index contributed by atoms with van der Waals surface area (Å²) < 4.78 is 5.14. The lowest BCUT2D eigenvalue weighted by molar-refractivity contribution is -0.156. The van der Waals surface area contributed by atoms with E-state index in [0.717, 1.165) is 12.8 Å². The number of ether oxygens (including phenoxy) is 1. The van der Waals surface area contributed by atoms with E-state index in [-0.39, 0.29) is 5.97 Å². The first-order valence-corrected chi connectivity index (χ1v) is 4.96. The molecule has 0 amide bonds. The van der Waals surface area contributed by atoms with E-state index in [1.807, 2.05) is 26.8 Å². The number of hydrogen-bond acceptors (Lipinski definition) is 3. The number of unbranched alkanes of at least 4 members (excludes halogenated alkanes) is 1. The van der Waals surface area contributed by atoms with Gasteiger partial charge in [-0.3, -0.25) is 4.79 Å². The fourth-order valence-corrected chi connectivity index (χ4v) is 0.977. The predicted molar refractivity (Wildman–Crippen MR) is 57.9 cm³/mol. The maximum Gasteiger partial charge on any atom is 0.323 e. The molecule has 82 valence electrons. The Bertz CT molecular complexity index is 194. The Morgan fingerprint density at radius 3 is 2.57 bits per heavy atom. The van der Waals surface area contributed by atoms with E-state index in [1.165, 1.54) is 0 Å². The Labute approximate surface area is 86.3 Å². The molecule has 0 saturated carbocycles. The van der Waals surface area contributed by atoms with Crippen LogP contribution < -0.4 is 5.73 Å². The van der Waals surface area contributed by atoms with Gasteiger partial charge < -0.3 is 10.5 Å². The van der Waals surface area contributed by atoms with Gasteiger partial charge in [-0.15, -0.1) is 6.58 Å². The molecule has 0 radical (unpaired) electrons. The summed E-state index contributed by atoms with van der Waals surface area (Å²) >= 11 is 0. The molecule has 3 heteroatoms. The smallest absolute Gasteiger partial charge is 0.323 e. The van der Waals surface area contributed by atoms with E-state index >= 15 is 0 Å². The summed E-state index contributed by atoms with van der Waals surface area (Å²) in [5, 5.41) is 0. The highest BCUT2D eigenvalue weighted by atomic mass is 16.6. The highest BCUT2D eigenvalue weighted by Gasteiger charge is 2.21. The Morgan fingerprint density at radius 2 is 2.14 bits per heavy atom. The van der Waals surface area contributed by atoms with Gasteiger partial charge in [0.15, 0.2) is 0 Å². The summed E-state index contributed by atoms with van der Waals surface area (Å²) in [6.07, 6.45) is 4.24. The fraction of sp³-hybridized carbons (Fsp3) is 0.727. The first-order chi connectivity index (χ1) is 6.37. The largest absolute Gasteiger partial charge is 0.459 e. The first kappa shape index (κ1) is 13.2. The molecule has 0 aliphatic rings. The molecular weight excluding hydrogens is 178 g/mol. The normalized spacial score (nSPS) is 13.4. The third kappa shape index (κ3) is 6.66. The summed E-state index contributed by atoms with van der Waals surface area (Å²) in [5.74, 6) is -0.318. The number of nitrogens with two attached hydrogens (primary N) is 1. The number of esters is 1. The van der Waals surface area contributed by atoms with E-state index in [9.17, 15) is 4.79 Å². The molecule has 0 aromatic heterocycles. The standard InChI is InChI=1S/C11H21NO2/c1-5-6-7-8-9(12)10(13)14-11(2,3)4/h5,9H,1,6-8,12H2,2-4H3. The molecule has 2 N–H and O–H groups in total. The van der Waals surface area contributed by atoms with Crippen molar-refractivity contribution in [2.75, 3.05) is 0 Å². The van der Waals surface area contributed by atoms with Crippen molar-refractivity contribution in [2.45, 2.75) is 51.7 Å². The maximum absolute atomic E-state index is 11.4. The van der Waals surface area contributed by atoms with Crippen LogP contribution in [0.2, 0.25) is 0 Å². The van der Waals surface area contributed by atoms with Crippen LogP contribution in [0.25, 0.3) is 0 Å². The van der Waals surface area contributed by atoms with E-state index < -0.39 is 11.6 Å². The van der Waals surface area contributed by atoms with E-state index in [2.05, 4.69) is 6.58 Å². The zero-order valence-corrected chi connectivity index (χ0v) is 9.38. The van der Waals surface area contributed by atoms with Crippen molar-refractivity contribution in [2.24, 2.45) is 5.73 Å². The number of hydrogen-bond donors (Lipinski definition) is 1. The van der Waals surface area contributed by atoms with E-state index in [1.54, 1.807) is 0 Å². The van der Waals surface area contributed by atoms with Gasteiger partial charge in [0.05, 0.1) is 0 Å². The second-order valence-corrected chi connectivity index (χ2v) is 4.36. The number of rotatable bonds is 5. The van der Waals surface area contributed by atoms with Crippen molar-refractivity contribution in [3.8, 4) is 0 Å². The fourth-order valence-electron chi connectivity index (χ4n) is 0.977. The molecule has 0 spiro atoms. The molecule has 0 saturated heterocycles. The third-order valence-corrected chi connectivity index (χ3v) is 1.63. The molecule has 14 heavy (non-hydrogen) atoms. The SMILES string of the molecule is C=CCCCC(N)C(=O)OC(C)(C)C. The minimum Gasteiger partial charge on any atom is -0.459 e. The molecule has 0 aromatic rings. The highest BCUT2D eigenvalue weighted by Crippen LogP contribution is 2.10. The van der Waals surface area contributed by atoms with Crippen LogP contribution in [0, 0.1) is 0 Å². The van der Waals surface area contributed by atoms with Gasteiger partial charge in [-0.05, 0) is 40.0 Å². The third-order valence-electron chi connectivity index (χ3n) is 1.63. The van der Waals surface area contributed by atoms with Gasteiger partial charge in [0, 0.05) is 0 Å². The molecule has 0 aliphatic carbocycles. The Morgan fingerprint density at radius 1 is 1.57 bits per heavy atom. The minimum absolute atomic E-state index is 0.318. The lowest BCUT2D eigenvalue weighted by Crippen LogP contribution is -2.37. The summed E-state index contributed by atoms with van der Waals surface area (Å²) in [6, 6.07) is -0.505. The van der Waals surface area contributed by atoms with Crippen LogP contribution >= 0.6 is 0 Å². The lowest BCUT2D eigenvalue weighted by Gasteiger charge is -2.22. The van der Waals surface area contributed by atoms with E-state index in [0.29, 0.717) is 6.42 Å². The molecule has 0 aromatic carbocycles.